The van der Waals surface area contributed by atoms with Gasteiger partial charge in [-0.3, -0.25) is 4.90 Å². The van der Waals surface area contributed by atoms with Crippen LogP contribution in [0.25, 0.3) is 0 Å². The summed E-state index contributed by atoms with van der Waals surface area (Å²) in [6.07, 6.45) is 2.77. The summed E-state index contributed by atoms with van der Waals surface area (Å²) in [7, 11) is 0. The fourth-order valence-electron chi connectivity index (χ4n) is 3.70. The Bertz CT molecular complexity index is 498. The molecule has 0 aromatic carbocycles. The van der Waals surface area contributed by atoms with Crippen LogP contribution >= 0.6 is 11.3 Å². The van der Waals surface area contributed by atoms with Crippen molar-refractivity contribution in [3.05, 3.63) is 22.4 Å². The Hall–Kier alpha value is -1.11. The van der Waals surface area contributed by atoms with Crippen molar-refractivity contribution in [1.82, 2.24) is 15.1 Å². The van der Waals surface area contributed by atoms with Gasteiger partial charge in [-0.05, 0) is 38.1 Å². The molecular formula is C17H27N3O2S. The summed E-state index contributed by atoms with van der Waals surface area (Å²) >= 11 is 1.68. The van der Waals surface area contributed by atoms with Crippen molar-refractivity contribution in [2.24, 2.45) is 0 Å². The van der Waals surface area contributed by atoms with Gasteiger partial charge in [0.25, 0.3) is 0 Å². The standard InChI is InChI=1S/C17H27N3O2S/c1-13-10-19(11-14(2)22-13)12-15-5-3-7-20(15)17(21)18-9-16-6-4-8-23-16/h4,6,8,13-15H,3,5,7,9-12H2,1-2H3,(H,18,21)/t13-,14+,15-/m0/s1. The summed E-state index contributed by atoms with van der Waals surface area (Å²) in [6.45, 7) is 8.65. The summed E-state index contributed by atoms with van der Waals surface area (Å²) in [5.74, 6) is 0. The Labute approximate surface area is 142 Å². The molecule has 0 spiro atoms. The minimum Gasteiger partial charge on any atom is -0.373 e. The van der Waals surface area contributed by atoms with E-state index < -0.39 is 0 Å². The number of morpholine rings is 1. The van der Waals surface area contributed by atoms with E-state index in [2.05, 4.69) is 30.1 Å². The van der Waals surface area contributed by atoms with E-state index >= 15 is 0 Å². The number of rotatable bonds is 4. The van der Waals surface area contributed by atoms with Crippen LogP contribution in [0.2, 0.25) is 0 Å². The Kier molecular flexibility index (Phi) is 5.56. The maximum atomic E-state index is 12.5. The fourth-order valence-corrected chi connectivity index (χ4v) is 4.35. The highest BCUT2D eigenvalue weighted by molar-refractivity contribution is 7.09. The number of nitrogens with one attached hydrogen (secondary N) is 1. The zero-order valence-electron chi connectivity index (χ0n) is 14.0. The largest absolute Gasteiger partial charge is 0.373 e. The molecule has 3 heterocycles. The lowest BCUT2D eigenvalue weighted by molar-refractivity contribution is -0.0713. The van der Waals surface area contributed by atoms with Gasteiger partial charge in [0, 0.05) is 37.1 Å². The number of carbonyl (C=O) groups is 1. The second-order valence-electron chi connectivity index (χ2n) is 6.70. The number of likely N-dealkylation sites (tertiary alicyclic amines) is 1. The predicted molar refractivity (Wildman–Crippen MR) is 92.7 cm³/mol. The van der Waals surface area contributed by atoms with E-state index in [1.165, 1.54) is 4.88 Å². The van der Waals surface area contributed by atoms with Crippen LogP contribution in [0.3, 0.4) is 0 Å². The van der Waals surface area contributed by atoms with Crippen molar-refractivity contribution in [3.63, 3.8) is 0 Å². The van der Waals surface area contributed by atoms with Gasteiger partial charge in [0.15, 0.2) is 0 Å². The summed E-state index contributed by atoms with van der Waals surface area (Å²) in [6, 6.07) is 4.49. The second kappa shape index (κ2) is 7.64. The normalized spacial score (nSPS) is 29.0. The van der Waals surface area contributed by atoms with E-state index in [0.717, 1.165) is 39.0 Å². The minimum absolute atomic E-state index is 0.0789. The third-order valence-corrected chi connectivity index (χ3v) is 5.47. The molecule has 128 valence electrons. The zero-order valence-corrected chi connectivity index (χ0v) is 14.8. The molecule has 2 fully saturated rings. The van der Waals surface area contributed by atoms with E-state index in [0.29, 0.717) is 12.6 Å². The van der Waals surface area contributed by atoms with Gasteiger partial charge in [-0.1, -0.05) is 6.07 Å². The summed E-state index contributed by atoms with van der Waals surface area (Å²) in [5.41, 5.74) is 0. The average Bonchev–Trinajstić information content (AvgIpc) is 3.15. The molecular weight excluding hydrogens is 310 g/mol. The smallest absolute Gasteiger partial charge is 0.317 e. The molecule has 0 radical (unpaired) electrons. The highest BCUT2D eigenvalue weighted by Crippen LogP contribution is 2.21. The van der Waals surface area contributed by atoms with E-state index in [9.17, 15) is 4.79 Å². The Morgan fingerprint density at radius 3 is 2.87 bits per heavy atom. The van der Waals surface area contributed by atoms with Crippen LogP contribution in [0.4, 0.5) is 4.79 Å². The predicted octanol–water partition coefficient (Wildman–Crippen LogP) is 2.53. The van der Waals surface area contributed by atoms with Crippen LogP contribution in [-0.4, -0.2) is 60.3 Å². The Morgan fingerprint density at radius 1 is 1.39 bits per heavy atom. The Morgan fingerprint density at radius 2 is 2.17 bits per heavy atom. The van der Waals surface area contributed by atoms with Gasteiger partial charge in [-0.2, -0.15) is 0 Å². The maximum Gasteiger partial charge on any atom is 0.317 e. The van der Waals surface area contributed by atoms with Gasteiger partial charge in [0.2, 0.25) is 0 Å². The minimum atomic E-state index is 0.0789. The lowest BCUT2D eigenvalue weighted by Crippen LogP contribution is -2.52. The number of nitrogens with zero attached hydrogens (tertiary/aromatic N) is 2. The van der Waals surface area contributed by atoms with E-state index in [1.807, 2.05) is 16.3 Å². The molecule has 2 aliphatic rings. The first kappa shape index (κ1) is 16.7. The van der Waals surface area contributed by atoms with Gasteiger partial charge in [0.1, 0.15) is 0 Å². The number of hydrogen-bond donors (Lipinski definition) is 1. The molecule has 23 heavy (non-hydrogen) atoms. The topological polar surface area (TPSA) is 44.8 Å². The molecule has 2 saturated heterocycles. The van der Waals surface area contributed by atoms with Crippen LogP contribution in [0.1, 0.15) is 31.6 Å². The molecule has 3 rings (SSSR count). The average molecular weight is 337 g/mol. The number of carbonyl (C=O) groups excluding carboxylic acids is 1. The quantitative estimate of drug-likeness (QED) is 0.918. The van der Waals surface area contributed by atoms with Crippen molar-refractivity contribution in [1.29, 1.82) is 0 Å². The highest BCUT2D eigenvalue weighted by Gasteiger charge is 2.32. The third kappa shape index (κ3) is 4.46. The molecule has 0 bridgehead atoms. The maximum absolute atomic E-state index is 12.5. The number of amides is 2. The molecule has 1 aromatic rings. The molecule has 2 amide bonds. The number of ether oxygens (including phenoxy) is 1. The summed E-state index contributed by atoms with van der Waals surface area (Å²) in [4.78, 5) is 18.2. The van der Waals surface area contributed by atoms with Crippen LogP contribution in [0.5, 0.6) is 0 Å². The first-order chi connectivity index (χ1) is 11.1. The lowest BCUT2D eigenvalue weighted by Gasteiger charge is -2.38. The van der Waals surface area contributed by atoms with Crippen LogP contribution in [-0.2, 0) is 11.3 Å². The van der Waals surface area contributed by atoms with Gasteiger partial charge in [0.05, 0.1) is 18.8 Å². The molecule has 0 saturated carbocycles. The van der Waals surface area contributed by atoms with Crippen LogP contribution in [0, 0.1) is 0 Å². The van der Waals surface area contributed by atoms with Crippen LogP contribution in [0.15, 0.2) is 17.5 Å². The zero-order chi connectivity index (χ0) is 16.2. The van der Waals surface area contributed by atoms with Crippen molar-refractivity contribution >= 4 is 17.4 Å². The van der Waals surface area contributed by atoms with Crippen molar-refractivity contribution in [2.75, 3.05) is 26.2 Å². The van der Waals surface area contributed by atoms with Crippen molar-refractivity contribution in [3.8, 4) is 0 Å². The van der Waals surface area contributed by atoms with E-state index in [1.54, 1.807) is 11.3 Å². The van der Waals surface area contributed by atoms with Gasteiger partial charge in [-0.15, -0.1) is 11.3 Å². The number of urea groups is 1. The molecule has 2 aliphatic heterocycles. The summed E-state index contributed by atoms with van der Waals surface area (Å²) in [5, 5.41) is 5.11. The molecule has 1 N–H and O–H groups in total. The van der Waals surface area contributed by atoms with Crippen molar-refractivity contribution in [2.45, 2.75) is 51.5 Å². The fraction of sp³-hybridized carbons (Fsp3) is 0.706. The lowest BCUT2D eigenvalue weighted by atomic mass is 10.1. The van der Waals surface area contributed by atoms with E-state index in [4.69, 9.17) is 4.74 Å². The highest BCUT2D eigenvalue weighted by atomic mass is 32.1. The SMILES string of the molecule is C[C@@H]1CN(C[C@@H]2CCCN2C(=O)NCc2cccs2)C[C@H](C)O1. The van der Waals surface area contributed by atoms with E-state index in [-0.39, 0.29) is 18.2 Å². The molecule has 0 aliphatic carbocycles. The van der Waals surface area contributed by atoms with Gasteiger partial charge < -0.3 is 15.0 Å². The monoisotopic (exact) mass is 337 g/mol. The first-order valence-electron chi connectivity index (χ1n) is 8.56. The van der Waals surface area contributed by atoms with Gasteiger partial charge >= 0.3 is 6.03 Å². The molecule has 1 aromatic heterocycles. The molecule has 6 heteroatoms. The van der Waals surface area contributed by atoms with Gasteiger partial charge in [-0.25, -0.2) is 4.79 Å². The van der Waals surface area contributed by atoms with Crippen molar-refractivity contribution < 1.29 is 9.53 Å². The molecule has 0 unspecified atom stereocenters. The first-order valence-corrected chi connectivity index (χ1v) is 9.44. The Balaban J connectivity index is 1.51. The molecule has 5 nitrogen and oxygen atoms in total. The molecule has 3 atom stereocenters. The second-order valence-corrected chi connectivity index (χ2v) is 7.74. The third-order valence-electron chi connectivity index (χ3n) is 4.60. The van der Waals surface area contributed by atoms with Crippen LogP contribution < -0.4 is 5.32 Å². The summed E-state index contributed by atoms with van der Waals surface area (Å²) < 4.78 is 5.80. The number of hydrogen-bond acceptors (Lipinski definition) is 4. The number of thiophene rings is 1.